The maximum absolute atomic E-state index is 6.10. The van der Waals surface area contributed by atoms with Crippen molar-refractivity contribution >= 4 is 22.6 Å². The van der Waals surface area contributed by atoms with Crippen molar-refractivity contribution in [3.05, 3.63) is 47.5 Å². The highest BCUT2D eigenvalue weighted by Crippen LogP contribution is 2.24. The molecule has 3 aromatic rings. The van der Waals surface area contributed by atoms with Crippen LogP contribution in [-0.2, 0) is 0 Å². The fourth-order valence-corrected chi connectivity index (χ4v) is 2.07. The largest absolute Gasteiger partial charge is 0.340 e. The number of imidazole rings is 1. The van der Waals surface area contributed by atoms with Gasteiger partial charge in [0, 0.05) is 12.4 Å². The zero-order valence-corrected chi connectivity index (χ0v) is 10.0. The van der Waals surface area contributed by atoms with Gasteiger partial charge in [-0.15, -0.1) is 0 Å². The van der Waals surface area contributed by atoms with Crippen molar-refractivity contribution in [1.82, 2.24) is 19.7 Å². The van der Waals surface area contributed by atoms with Crippen LogP contribution < -0.4 is 0 Å². The van der Waals surface area contributed by atoms with Gasteiger partial charge in [-0.3, -0.25) is 4.68 Å². The molecule has 0 aliphatic heterocycles. The van der Waals surface area contributed by atoms with Crippen LogP contribution in [0.2, 0.25) is 5.02 Å². The lowest BCUT2D eigenvalue weighted by Gasteiger charge is -2.08. The Kier molecular flexibility index (Phi) is 2.37. The Morgan fingerprint density at radius 3 is 2.94 bits per heavy atom. The van der Waals surface area contributed by atoms with Crippen LogP contribution >= 0.6 is 11.6 Å². The second-order valence-corrected chi connectivity index (χ2v) is 4.33. The molecule has 1 atom stereocenters. The van der Waals surface area contributed by atoms with Crippen molar-refractivity contribution in [1.29, 1.82) is 0 Å². The van der Waals surface area contributed by atoms with Crippen LogP contribution in [0.25, 0.3) is 11.0 Å². The molecule has 0 fully saturated rings. The number of rotatable bonds is 2. The number of H-pyrrole nitrogens is 1. The molecule has 4 nitrogen and oxygen atoms in total. The van der Waals surface area contributed by atoms with Crippen LogP contribution in [0.3, 0.4) is 0 Å². The first-order valence-corrected chi connectivity index (χ1v) is 5.77. The third-order valence-corrected chi connectivity index (χ3v) is 3.10. The van der Waals surface area contributed by atoms with E-state index in [4.69, 9.17) is 11.6 Å². The maximum Gasteiger partial charge on any atom is 0.131 e. The van der Waals surface area contributed by atoms with E-state index in [1.807, 2.05) is 42.1 Å². The van der Waals surface area contributed by atoms with Gasteiger partial charge in [-0.1, -0.05) is 17.7 Å². The maximum atomic E-state index is 6.10. The Balaban J connectivity index is 2.10. The van der Waals surface area contributed by atoms with E-state index in [9.17, 15) is 0 Å². The van der Waals surface area contributed by atoms with Gasteiger partial charge in [0.2, 0.25) is 0 Å². The SMILES string of the molecule is CC(c1nc2c(Cl)cccc2[nH]1)n1cccn1. The van der Waals surface area contributed by atoms with Gasteiger partial charge in [-0.2, -0.15) is 5.10 Å². The molecule has 2 heterocycles. The quantitative estimate of drug-likeness (QED) is 0.756. The predicted molar refractivity (Wildman–Crippen MR) is 67.1 cm³/mol. The average Bonchev–Trinajstić information content (AvgIpc) is 2.98. The third kappa shape index (κ3) is 1.70. The van der Waals surface area contributed by atoms with E-state index in [-0.39, 0.29) is 6.04 Å². The van der Waals surface area contributed by atoms with Crippen molar-refractivity contribution in [2.24, 2.45) is 0 Å². The molecule has 0 spiro atoms. The number of halogens is 1. The molecular weight excluding hydrogens is 236 g/mol. The number of hydrogen-bond donors (Lipinski definition) is 1. The fourth-order valence-electron chi connectivity index (χ4n) is 1.85. The minimum atomic E-state index is 0.0634. The second kappa shape index (κ2) is 3.89. The molecule has 1 aromatic carbocycles. The molecule has 5 heteroatoms. The third-order valence-electron chi connectivity index (χ3n) is 2.80. The number of fused-ring (bicyclic) bond motifs is 1. The minimum absolute atomic E-state index is 0.0634. The first kappa shape index (κ1) is 10.4. The molecular formula is C12H11ClN4. The summed E-state index contributed by atoms with van der Waals surface area (Å²) in [6.07, 6.45) is 3.67. The molecule has 2 aromatic heterocycles. The molecule has 86 valence electrons. The van der Waals surface area contributed by atoms with Crippen LogP contribution in [0.1, 0.15) is 18.8 Å². The molecule has 0 saturated carbocycles. The highest BCUT2D eigenvalue weighted by molar-refractivity contribution is 6.34. The van der Waals surface area contributed by atoms with Crippen LogP contribution in [0.4, 0.5) is 0 Å². The monoisotopic (exact) mass is 246 g/mol. The van der Waals surface area contributed by atoms with Crippen molar-refractivity contribution in [3.8, 4) is 0 Å². The topological polar surface area (TPSA) is 46.5 Å². The number of nitrogens with zero attached hydrogens (tertiary/aromatic N) is 3. The lowest BCUT2D eigenvalue weighted by Crippen LogP contribution is -2.08. The van der Waals surface area contributed by atoms with E-state index in [2.05, 4.69) is 15.1 Å². The first-order chi connectivity index (χ1) is 8.25. The van der Waals surface area contributed by atoms with Crippen molar-refractivity contribution in [3.63, 3.8) is 0 Å². The summed E-state index contributed by atoms with van der Waals surface area (Å²) < 4.78 is 1.85. The van der Waals surface area contributed by atoms with Crippen LogP contribution in [0.15, 0.2) is 36.7 Å². The average molecular weight is 247 g/mol. The molecule has 0 saturated heterocycles. The van der Waals surface area contributed by atoms with Gasteiger partial charge in [0.25, 0.3) is 0 Å². The van der Waals surface area contributed by atoms with Crippen LogP contribution in [-0.4, -0.2) is 19.7 Å². The normalized spacial score (nSPS) is 13.1. The highest BCUT2D eigenvalue weighted by Gasteiger charge is 2.13. The molecule has 3 rings (SSSR count). The summed E-state index contributed by atoms with van der Waals surface area (Å²) in [5.74, 6) is 0.858. The van der Waals surface area contributed by atoms with Gasteiger partial charge in [0.1, 0.15) is 17.4 Å². The van der Waals surface area contributed by atoms with E-state index >= 15 is 0 Å². The van der Waals surface area contributed by atoms with Crippen molar-refractivity contribution in [2.75, 3.05) is 0 Å². The first-order valence-electron chi connectivity index (χ1n) is 5.39. The number of aromatic amines is 1. The molecule has 17 heavy (non-hydrogen) atoms. The van der Waals surface area contributed by atoms with Gasteiger partial charge >= 0.3 is 0 Å². The van der Waals surface area contributed by atoms with E-state index in [0.29, 0.717) is 5.02 Å². The Hall–Kier alpha value is -1.81. The van der Waals surface area contributed by atoms with Crippen LogP contribution in [0.5, 0.6) is 0 Å². The lowest BCUT2D eigenvalue weighted by atomic mass is 10.3. The number of nitrogens with one attached hydrogen (secondary N) is 1. The number of aromatic nitrogens is 4. The van der Waals surface area contributed by atoms with Crippen molar-refractivity contribution < 1.29 is 0 Å². The Morgan fingerprint density at radius 1 is 1.35 bits per heavy atom. The van der Waals surface area contributed by atoms with Gasteiger partial charge in [0.15, 0.2) is 0 Å². The zero-order valence-electron chi connectivity index (χ0n) is 9.26. The van der Waals surface area contributed by atoms with Gasteiger partial charge in [-0.05, 0) is 25.1 Å². The summed E-state index contributed by atoms with van der Waals surface area (Å²) in [7, 11) is 0. The van der Waals surface area contributed by atoms with Crippen LogP contribution in [0, 0.1) is 0 Å². The molecule has 1 N–H and O–H groups in total. The number of para-hydroxylation sites is 1. The fraction of sp³-hybridized carbons (Fsp3) is 0.167. The Labute approximate surface area is 103 Å². The highest BCUT2D eigenvalue weighted by atomic mass is 35.5. The summed E-state index contributed by atoms with van der Waals surface area (Å²) in [5.41, 5.74) is 1.76. The zero-order chi connectivity index (χ0) is 11.8. The van der Waals surface area contributed by atoms with Gasteiger partial charge in [0.05, 0.1) is 10.5 Å². The van der Waals surface area contributed by atoms with Gasteiger partial charge < -0.3 is 4.98 Å². The summed E-state index contributed by atoms with van der Waals surface area (Å²) in [6, 6.07) is 7.67. The van der Waals surface area contributed by atoms with E-state index in [1.165, 1.54) is 0 Å². The summed E-state index contributed by atoms with van der Waals surface area (Å²) in [5, 5.41) is 4.87. The molecule has 0 aliphatic carbocycles. The second-order valence-electron chi connectivity index (χ2n) is 3.92. The predicted octanol–water partition coefficient (Wildman–Crippen LogP) is 3.02. The number of benzene rings is 1. The lowest BCUT2D eigenvalue weighted by molar-refractivity contribution is 0.542. The molecule has 0 aliphatic rings. The molecule has 1 unspecified atom stereocenters. The minimum Gasteiger partial charge on any atom is -0.340 e. The van der Waals surface area contributed by atoms with E-state index < -0.39 is 0 Å². The summed E-state index contributed by atoms with van der Waals surface area (Å²) in [6.45, 7) is 2.04. The molecule has 0 bridgehead atoms. The number of hydrogen-bond acceptors (Lipinski definition) is 2. The van der Waals surface area contributed by atoms with E-state index in [0.717, 1.165) is 16.9 Å². The summed E-state index contributed by atoms with van der Waals surface area (Å²) in [4.78, 5) is 7.79. The van der Waals surface area contributed by atoms with Gasteiger partial charge in [-0.25, -0.2) is 4.98 Å². The molecule has 0 amide bonds. The summed E-state index contributed by atoms with van der Waals surface area (Å²) >= 11 is 6.10. The smallest absolute Gasteiger partial charge is 0.131 e. The molecule has 0 radical (unpaired) electrons. The standard InChI is InChI=1S/C12H11ClN4/c1-8(17-7-3-6-14-17)12-15-10-5-2-4-9(13)11(10)16-12/h2-8H,1H3,(H,15,16). The Bertz CT molecular complexity index is 642. The van der Waals surface area contributed by atoms with Crippen molar-refractivity contribution in [2.45, 2.75) is 13.0 Å². The Morgan fingerprint density at radius 2 is 2.24 bits per heavy atom. The van der Waals surface area contributed by atoms with E-state index in [1.54, 1.807) is 6.20 Å².